The van der Waals surface area contributed by atoms with Gasteiger partial charge in [0.15, 0.2) is 5.69 Å². The lowest BCUT2D eigenvalue weighted by Crippen LogP contribution is -2.28. The molecule has 0 aliphatic carbocycles. The maximum Gasteiger partial charge on any atom is 0.492 e. The smallest absolute Gasteiger partial charge is 0.423 e. The van der Waals surface area contributed by atoms with Gasteiger partial charge in [0.05, 0.1) is 17.5 Å². The van der Waals surface area contributed by atoms with E-state index in [4.69, 9.17) is 4.65 Å². The van der Waals surface area contributed by atoms with Gasteiger partial charge in [-0.2, -0.15) is 0 Å². The van der Waals surface area contributed by atoms with Crippen LogP contribution in [0.25, 0.3) is 5.69 Å². The van der Waals surface area contributed by atoms with Crippen molar-refractivity contribution in [3.8, 4) is 5.69 Å². The number of fused-ring (bicyclic) bond motifs is 1. The Morgan fingerprint density at radius 2 is 1.96 bits per heavy atom. The fourth-order valence-corrected chi connectivity index (χ4v) is 3.24. The zero-order valence-electron chi connectivity index (χ0n) is 15.3. The molecule has 8 heteroatoms. The summed E-state index contributed by atoms with van der Waals surface area (Å²) >= 11 is 0. The van der Waals surface area contributed by atoms with Crippen LogP contribution in [0, 0.1) is 13.8 Å². The highest BCUT2D eigenvalue weighted by Crippen LogP contribution is 2.24. The van der Waals surface area contributed by atoms with Crippen LogP contribution < -0.4 is 10.8 Å². The number of rotatable bonds is 3. The number of aromatic nitrogens is 3. The molecule has 1 aromatic heterocycles. The molecule has 4 rings (SSSR count). The molecular weight excluding hydrogens is 343 g/mol. The van der Waals surface area contributed by atoms with Crippen molar-refractivity contribution in [2.24, 2.45) is 0 Å². The van der Waals surface area contributed by atoms with Gasteiger partial charge in [-0.05, 0) is 56.1 Å². The van der Waals surface area contributed by atoms with Crippen molar-refractivity contribution in [3.63, 3.8) is 0 Å². The summed E-state index contributed by atoms with van der Waals surface area (Å²) in [6.45, 7) is 5.69. The van der Waals surface area contributed by atoms with E-state index in [1.807, 2.05) is 44.2 Å². The zero-order valence-corrected chi connectivity index (χ0v) is 15.3. The van der Waals surface area contributed by atoms with Gasteiger partial charge in [0.1, 0.15) is 0 Å². The molecule has 27 heavy (non-hydrogen) atoms. The van der Waals surface area contributed by atoms with E-state index in [1.54, 1.807) is 23.7 Å². The second-order valence-corrected chi connectivity index (χ2v) is 6.70. The van der Waals surface area contributed by atoms with Crippen molar-refractivity contribution < 1.29 is 14.5 Å². The van der Waals surface area contributed by atoms with Crippen LogP contribution in [0.15, 0.2) is 42.5 Å². The molecular formula is C19H19BN4O3. The number of benzene rings is 2. The summed E-state index contributed by atoms with van der Waals surface area (Å²) in [6, 6.07) is 13.2. The molecule has 0 spiro atoms. The highest BCUT2D eigenvalue weighted by Gasteiger charge is 2.32. The van der Waals surface area contributed by atoms with E-state index in [9.17, 15) is 9.82 Å². The summed E-state index contributed by atoms with van der Waals surface area (Å²) < 4.78 is 7.01. The molecule has 1 unspecified atom stereocenters. The van der Waals surface area contributed by atoms with Gasteiger partial charge in [-0.3, -0.25) is 4.79 Å². The number of amides is 1. The van der Waals surface area contributed by atoms with Gasteiger partial charge in [-0.15, -0.1) is 5.10 Å². The number of aryl methyl sites for hydroxylation is 1. The Bertz CT molecular complexity index is 1020. The van der Waals surface area contributed by atoms with E-state index >= 15 is 0 Å². The maximum absolute atomic E-state index is 12.7. The van der Waals surface area contributed by atoms with E-state index < -0.39 is 7.12 Å². The van der Waals surface area contributed by atoms with Crippen molar-refractivity contribution in [2.45, 2.75) is 26.9 Å². The fourth-order valence-electron chi connectivity index (χ4n) is 3.24. The third-order valence-corrected chi connectivity index (χ3v) is 4.77. The Labute approximate surface area is 157 Å². The number of nitrogens with one attached hydrogen (secondary N) is 1. The molecule has 0 fully saturated rings. The average molecular weight is 362 g/mol. The molecule has 3 aromatic rings. The molecule has 2 aromatic carbocycles. The van der Waals surface area contributed by atoms with Crippen molar-refractivity contribution >= 4 is 24.2 Å². The predicted octanol–water partition coefficient (Wildman–Crippen LogP) is 1.92. The van der Waals surface area contributed by atoms with E-state index in [0.29, 0.717) is 16.8 Å². The Kier molecular flexibility index (Phi) is 4.29. The van der Waals surface area contributed by atoms with Gasteiger partial charge in [-0.25, -0.2) is 4.68 Å². The standard InChI is InChI=1S/C19H19BN4O3/c1-11-4-7-15(8-5-11)24-12(2)18(22-23-24)19(25)21-14-6-9-16-13(3)27-20(26)17(16)10-14/h4-10,13,26H,1-3H3,(H,21,25). The Hall–Kier alpha value is -2.97. The first-order chi connectivity index (χ1) is 12.9. The molecule has 0 bridgehead atoms. The summed E-state index contributed by atoms with van der Waals surface area (Å²) in [4.78, 5) is 12.7. The second kappa shape index (κ2) is 6.64. The lowest BCUT2D eigenvalue weighted by molar-refractivity contribution is 0.102. The Balaban J connectivity index is 1.58. The highest BCUT2D eigenvalue weighted by molar-refractivity contribution is 6.61. The van der Waals surface area contributed by atoms with Crippen LogP contribution in [0.3, 0.4) is 0 Å². The lowest BCUT2D eigenvalue weighted by Gasteiger charge is -2.08. The summed E-state index contributed by atoms with van der Waals surface area (Å²) in [7, 11) is -0.976. The topological polar surface area (TPSA) is 89.3 Å². The molecule has 1 amide bonds. The Morgan fingerprint density at radius 3 is 2.70 bits per heavy atom. The molecule has 1 aliphatic heterocycles. The van der Waals surface area contributed by atoms with Crippen LogP contribution >= 0.6 is 0 Å². The fraction of sp³-hybridized carbons (Fsp3) is 0.211. The number of anilines is 1. The number of nitrogens with zero attached hydrogens (tertiary/aromatic N) is 3. The molecule has 1 aliphatic rings. The van der Waals surface area contributed by atoms with Gasteiger partial charge in [-0.1, -0.05) is 29.0 Å². The van der Waals surface area contributed by atoms with E-state index in [0.717, 1.165) is 16.8 Å². The largest absolute Gasteiger partial charge is 0.492 e. The van der Waals surface area contributed by atoms with Gasteiger partial charge in [0.2, 0.25) is 0 Å². The first kappa shape index (κ1) is 17.4. The quantitative estimate of drug-likeness (QED) is 0.695. The minimum Gasteiger partial charge on any atom is -0.423 e. The predicted molar refractivity (Wildman–Crippen MR) is 102 cm³/mol. The average Bonchev–Trinajstić information content (AvgIpc) is 3.16. The van der Waals surface area contributed by atoms with Gasteiger partial charge in [0, 0.05) is 5.69 Å². The molecule has 7 nitrogen and oxygen atoms in total. The van der Waals surface area contributed by atoms with Crippen molar-refractivity contribution in [1.82, 2.24) is 15.0 Å². The molecule has 0 radical (unpaired) electrons. The molecule has 0 saturated carbocycles. The van der Waals surface area contributed by atoms with Gasteiger partial charge in [0.25, 0.3) is 5.91 Å². The third-order valence-electron chi connectivity index (χ3n) is 4.77. The first-order valence-corrected chi connectivity index (χ1v) is 8.72. The van der Waals surface area contributed by atoms with Crippen molar-refractivity contribution in [3.05, 3.63) is 65.0 Å². The summed E-state index contributed by atoms with van der Waals surface area (Å²) in [5, 5.41) is 20.9. The number of hydrogen-bond donors (Lipinski definition) is 2. The maximum atomic E-state index is 12.7. The summed E-state index contributed by atoms with van der Waals surface area (Å²) in [6.07, 6.45) is -0.170. The minimum atomic E-state index is -0.976. The number of carbonyl (C=O) groups is 1. The summed E-state index contributed by atoms with van der Waals surface area (Å²) in [5.74, 6) is -0.354. The van der Waals surface area contributed by atoms with Crippen LogP contribution in [0.2, 0.25) is 0 Å². The lowest BCUT2D eigenvalue weighted by atomic mass is 9.79. The molecule has 2 heterocycles. The second-order valence-electron chi connectivity index (χ2n) is 6.70. The van der Waals surface area contributed by atoms with Gasteiger partial charge >= 0.3 is 7.12 Å². The molecule has 0 saturated heterocycles. The monoisotopic (exact) mass is 362 g/mol. The zero-order chi connectivity index (χ0) is 19.1. The molecule has 1 atom stereocenters. The van der Waals surface area contributed by atoms with Crippen LogP contribution in [0.1, 0.15) is 40.3 Å². The van der Waals surface area contributed by atoms with Crippen LogP contribution in [-0.2, 0) is 4.65 Å². The minimum absolute atomic E-state index is 0.170. The van der Waals surface area contributed by atoms with E-state index in [-0.39, 0.29) is 17.7 Å². The number of carbonyl (C=O) groups excluding carboxylic acids is 1. The van der Waals surface area contributed by atoms with Crippen molar-refractivity contribution in [2.75, 3.05) is 5.32 Å². The molecule has 2 N–H and O–H groups in total. The van der Waals surface area contributed by atoms with Crippen LogP contribution in [-0.4, -0.2) is 33.0 Å². The molecule has 136 valence electrons. The van der Waals surface area contributed by atoms with E-state index in [2.05, 4.69) is 15.6 Å². The van der Waals surface area contributed by atoms with Crippen LogP contribution in [0.4, 0.5) is 5.69 Å². The normalized spacial score (nSPS) is 15.7. The first-order valence-electron chi connectivity index (χ1n) is 8.72. The SMILES string of the molecule is Cc1ccc(-n2nnc(C(=O)Nc3ccc4c(c3)B(O)OC4C)c2C)cc1. The van der Waals surface area contributed by atoms with E-state index in [1.165, 1.54) is 0 Å². The number of hydrogen-bond acceptors (Lipinski definition) is 5. The third kappa shape index (κ3) is 3.13. The van der Waals surface area contributed by atoms with Crippen molar-refractivity contribution in [1.29, 1.82) is 0 Å². The highest BCUT2D eigenvalue weighted by atomic mass is 16.5. The Morgan fingerprint density at radius 1 is 1.22 bits per heavy atom. The summed E-state index contributed by atoms with van der Waals surface area (Å²) in [5.41, 5.74) is 5.04. The van der Waals surface area contributed by atoms with Gasteiger partial charge < -0.3 is 15.0 Å². The van der Waals surface area contributed by atoms with Crippen LogP contribution in [0.5, 0.6) is 0 Å².